The van der Waals surface area contributed by atoms with Gasteiger partial charge in [0.2, 0.25) is 0 Å². The second-order valence-corrected chi connectivity index (χ2v) is 9.56. The highest BCUT2D eigenvalue weighted by Crippen LogP contribution is 2.46. The van der Waals surface area contributed by atoms with E-state index in [1.165, 1.54) is 5.56 Å². The fourth-order valence-electron chi connectivity index (χ4n) is 3.32. The summed E-state index contributed by atoms with van der Waals surface area (Å²) in [5.74, 6) is 0. The van der Waals surface area contributed by atoms with Gasteiger partial charge in [-0.05, 0) is 34.2 Å². The lowest BCUT2D eigenvalue weighted by atomic mass is 9.52. The first-order valence-corrected chi connectivity index (χ1v) is 8.76. The summed E-state index contributed by atoms with van der Waals surface area (Å²) in [7, 11) is 19.6. The number of hydrogen-bond donors (Lipinski definition) is 0. The van der Waals surface area contributed by atoms with Gasteiger partial charge in [0.1, 0.15) is 0 Å². The van der Waals surface area contributed by atoms with E-state index in [0.29, 0.717) is 5.41 Å². The Morgan fingerprint density at radius 3 is 1.52 bits per heavy atom. The normalized spacial score (nSPS) is 21.1. The van der Waals surface area contributed by atoms with Crippen LogP contribution >= 0.6 is 0 Å². The van der Waals surface area contributed by atoms with Gasteiger partial charge in [0, 0.05) is 0 Å². The molecule has 1 fully saturated rings. The molecule has 23 heavy (non-hydrogen) atoms. The second kappa shape index (κ2) is 5.74. The molecule has 0 spiro atoms. The van der Waals surface area contributed by atoms with Crippen molar-refractivity contribution in [1.29, 1.82) is 0 Å². The van der Waals surface area contributed by atoms with Gasteiger partial charge in [0.05, 0.1) is 23.5 Å². The molecule has 0 aromatic heterocycles. The molecule has 0 bridgehead atoms. The van der Waals surface area contributed by atoms with E-state index in [1.807, 2.05) is 27.7 Å². The summed E-state index contributed by atoms with van der Waals surface area (Å²) >= 11 is 0. The molecule has 1 aliphatic rings. The Morgan fingerprint density at radius 1 is 0.783 bits per heavy atom. The van der Waals surface area contributed by atoms with Crippen LogP contribution in [-0.4, -0.2) is 23.5 Å². The first-order chi connectivity index (χ1) is 10.2. The van der Waals surface area contributed by atoms with Gasteiger partial charge >= 0.3 is 0 Å². The Kier molecular flexibility index (Phi) is 4.68. The molecule has 1 aromatic carbocycles. The summed E-state index contributed by atoms with van der Waals surface area (Å²) in [6.45, 7) is 12.8. The van der Waals surface area contributed by atoms with Crippen LogP contribution in [0.5, 0.6) is 0 Å². The maximum absolute atomic E-state index is 6.84. The standard InChI is InChI=1S/C20H29B3/c1-17(2)7-9-20(23,10-8-17)16-12-14(18(3,4)21)11-15(13-16)19(5,6)22/h11-13H,7-10H2,1-6H3. The summed E-state index contributed by atoms with van der Waals surface area (Å²) in [5.41, 5.74) is 3.80. The molecule has 1 saturated carbocycles. The minimum Gasteiger partial charge on any atom is -0.0639 e. The van der Waals surface area contributed by atoms with Gasteiger partial charge < -0.3 is 0 Å². The predicted octanol–water partition coefficient (Wildman–Crippen LogP) is 4.46. The molecule has 0 atom stereocenters. The predicted molar refractivity (Wildman–Crippen MR) is 104 cm³/mol. The van der Waals surface area contributed by atoms with Crippen LogP contribution in [0, 0.1) is 5.41 Å². The summed E-state index contributed by atoms with van der Waals surface area (Å²) in [6.07, 6.45) is 4.33. The first kappa shape index (κ1) is 18.7. The molecular weight excluding hydrogens is 273 g/mol. The minimum atomic E-state index is -0.402. The zero-order valence-corrected chi connectivity index (χ0v) is 15.8. The van der Waals surface area contributed by atoms with Crippen molar-refractivity contribution < 1.29 is 0 Å². The van der Waals surface area contributed by atoms with Crippen LogP contribution in [0.15, 0.2) is 18.2 Å². The summed E-state index contributed by atoms with van der Waals surface area (Å²) in [4.78, 5) is 0. The van der Waals surface area contributed by atoms with E-state index in [1.54, 1.807) is 0 Å². The van der Waals surface area contributed by atoms with Crippen molar-refractivity contribution in [2.24, 2.45) is 5.41 Å². The maximum Gasteiger partial charge on any atom is 0.0810 e. The average molecular weight is 302 g/mol. The van der Waals surface area contributed by atoms with Crippen molar-refractivity contribution in [3.63, 3.8) is 0 Å². The quantitative estimate of drug-likeness (QED) is 0.723. The van der Waals surface area contributed by atoms with E-state index in [-0.39, 0.29) is 5.31 Å². The molecular formula is C20H29B3. The van der Waals surface area contributed by atoms with Crippen LogP contribution in [0.1, 0.15) is 83.9 Å². The number of rotatable bonds is 3. The number of benzene rings is 1. The van der Waals surface area contributed by atoms with Crippen LogP contribution in [-0.2, 0) is 15.9 Å². The van der Waals surface area contributed by atoms with E-state index in [0.717, 1.165) is 36.8 Å². The van der Waals surface area contributed by atoms with Crippen LogP contribution in [0.3, 0.4) is 0 Å². The van der Waals surface area contributed by atoms with Gasteiger partial charge in [0.15, 0.2) is 0 Å². The van der Waals surface area contributed by atoms with Gasteiger partial charge in [-0.1, -0.05) is 89.3 Å². The Balaban J connectivity index is 2.50. The van der Waals surface area contributed by atoms with Gasteiger partial charge in [-0.25, -0.2) is 0 Å². The summed E-state index contributed by atoms with van der Waals surface area (Å²) < 4.78 is 0. The lowest BCUT2D eigenvalue weighted by Crippen LogP contribution is -2.36. The molecule has 0 amide bonds. The average Bonchev–Trinajstić information content (AvgIpc) is 2.40. The van der Waals surface area contributed by atoms with Crippen molar-refractivity contribution >= 4 is 23.5 Å². The van der Waals surface area contributed by atoms with Crippen molar-refractivity contribution in [2.75, 3.05) is 0 Å². The molecule has 3 heteroatoms. The monoisotopic (exact) mass is 302 g/mol. The SMILES string of the molecule is [B]C(C)(C)c1cc(C([B])(C)C)cc(C2([B])CCC(C)(C)CC2)c1. The highest BCUT2D eigenvalue weighted by atomic mass is 14.4. The lowest BCUT2D eigenvalue weighted by Gasteiger charge is -2.43. The summed E-state index contributed by atoms with van der Waals surface area (Å²) in [5, 5.41) is -1.07. The fourth-order valence-corrected chi connectivity index (χ4v) is 3.32. The van der Waals surface area contributed by atoms with Crippen LogP contribution < -0.4 is 0 Å². The number of hydrogen-bond acceptors (Lipinski definition) is 0. The largest absolute Gasteiger partial charge is 0.0810 e. The first-order valence-electron chi connectivity index (χ1n) is 8.76. The molecule has 0 nitrogen and oxygen atoms in total. The third kappa shape index (κ3) is 4.28. The van der Waals surface area contributed by atoms with Crippen molar-refractivity contribution in [3.05, 3.63) is 34.9 Å². The fraction of sp³-hybridized carbons (Fsp3) is 0.700. The molecule has 0 aliphatic heterocycles. The van der Waals surface area contributed by atoms with E-state index < -0.39 is 10.6 Å². The molecule has 0 heterocycles. The van der Waals surface area contributed by atoms with Crippen LogP contribution in [0.25, 0.3) is 0 Å². The second-order valence-electron chi connectivity index (χ2n) is 9.56. The third-order valence-corrected chi connectivity index (χ3v) is 5.49. The van der Waals surface area contributed by atoms with Crippen molar-refractivity contribution in [2.45, 2.75) is 83.2 Å². The van der Waals surface area contributed by atoms with E-state index in [2.05, 4.69) is 32.0 Å². The topological polar surface area (TPSA) is 0 Å². The Hall–Kier alpha value is -0.585. The molecule has 6 radical (unpaired) electrons. The highest BCUT2D eigenvalue weighted by Gasteiger charge is 2.36. The highest BCUT2D eigenvalue weighted by molar-refractivity contribution is 6.17. The van der Waals surface area contributed by atoms with Crippen LogP contribution in [0.4, 0.5) is 0 Å². The van der Waals surface area contributed by atoms with Gasteiger partial charge in [-0.3, -0.25) is 0 Å². The van der Waals surface area contributed by atoms with Crippen molar-refractivity contribution in [1.82, 2.24) is 0 Å². The van der Waals surface area contributed by atoms with E-state index in [9.17, 15) is 0 Å². The van der Waals surface area contributed by atoms with E-state index >= 15 is 0 Å². The van der Waals surface area contributed by atoms with Crippen molar-refractivity contribution in [3.8, 4) is 0 Å². The maximum atomic E-state index is 6.84. The molecule has 0 saturated heterocycles. The Labute approximate surface area is 147 Å². The van der Waals surface area contributed by atoms with Gasteiger partial charge in [0.25, 0.3) is 0 Å². The molecule has 1 aromatic rings. The molecule has 2 rings (SSSR count). The van der Waals surface area contributed by atoms with Crippen LogP contribution in [0.2, 0.25) is 0 Å². The van der Waals surface area contributed by atoms with Gasteiger partial charge in [-0.15, -0.1) is 0 Å². The molecule has 0 unspecified atom stereocenters. The molecule has 0 N–H and O–H groups in total. The van der Waals surface area contributed by atoms with Gasteiger partial charge in [-0.2, -0.15) is 0 Å². The van der Waals surface area contributed by atoms with E-state index in [4.69, 9.17) is 23.5 Å². The zero-order chi connectivity index (χ0) is 17.7. The molecule has 118 valence electrons. The third-order valence-electron chi connectivity index (χ3n) is 5.49. The smallest absolute Gasteiger partial charge is 0.0639 e. The lowest BCUT2D eigenvalue weighted by molar-refractivity contribution is 0.206. The molecule has 1 aliphatic carbocycles. The summed E-state index contributed by atoms with van der Waals surface area (Å²) in [6, 6.07) is 6.54. The zero-order valence-electron chi connectivity index (χ0n) is 15.8. The Bertz CT molecular complexity index is 531. The Morgan fingerprint density at radius 2 is 1.17 bits per heavy atom. The minimum absolute atomic E-state index is 0.267.